The number of hydrogen-bond acceptors (Lipinski definition) is 4. The van der Waals surface area contributed by atoms with Crippen molar-refractivity contribution in [3.63, 3.8) is 0 Å². The molecule has 0 saturated carbocycles. The van der Waals surface area contributed by atoms with Crippen molar-refractivity contribution >= 4 is 34.6 Å². The zero-order chi connectivity index (χ0) is 24.4. The number of amides is 1. The van der Waals surface area contributed by atoms with Gasteiger partial charge in [0.25, 0.3) is 0 Å². The van der Waals surface area contributed by atoms with E-state index in [1.807, 2.05) is 50.4 Å². The summed E-state index contributed by atoms with van der Waals surface area (Å²) in [4.78, 5) is 18.8. The SMILES string of the molecule is CCC(=O)Nc1ccc(N2C(=S)NC(c3ccccn3)C2c2cccn2CC2CCCO2)cc1C. The number of aromatic nitrogens is 2. The lowest BCUT2D eigenvalue weighted by Crippen LogP contribution is -2.31. The summed E-state index contributed by atoms with van der Waals surface area (Å²) in [5.74, 6) is -0.000684. The number of benzene rings is 1. The topological polar surface area (TPSA) is 71.4 Å². The number of pyridine rings is 1. The first-order valence-electron chi connectivity index (χ1n) is 12.2. The first-order valence-corrected chi connectivity index (χ1v) is 12.6. The first-order chi connectivity index (χ1) is 17.0. The smallest absolute Gasteiger partial charge is 0.224 e. The molecule has 1 amide bonds. The molecular weight excluding hydrogens is 458 g/mol. The summed E-state index contributed by atoms with van der Waals surface area (Å²) in [6, 6.07) is 16.1. The molecule has 2 fully saturated rings. The zero-order valence-electron chi connectivity index (χ0n) is 20.1. The summed E-state index contributed by atoms with van der Waals surface area (Å²) >= 11 is 5.89. The Balaban J connectivity index is 1.54. The third kappa shape index (κ3) is 4.81. The van der Waals surface area contributed by atoms with E-state index >= 15 is 0 Å². The molecule has 35 heavy (non-hydrogen) atoms. The number of carbonyl (C=O) groups is 1. The van der Waals surface area contributed by atoms with E-state index in [4.69, 9.17) is 17.0 Å². The van der Waals surface area contributed by atoms with Gasteiger partial charge in [0.1, 0.15) is 6.04 Å². The predicted molar refractivity (Wildman–Crippen MR) is 141 cm³/mol. The van der Waals surface area contributed by atoms with E-state index in [0.29, 0.717) is 11.5 Å². The Morgan fingerprint density at radius 1 is 1.26 bits per heavy atom. The van der Waals surface area contributed by atoms with Crippen LogP contribution in [0, 0.1) is 6.92 Å². The van der Waals surface area contributed by atoms with Crippen molar-refractivity contribution in [2.24, 2.45) is 0 Å². The summed E-state index contributed by atoms with van der Waals surface area (Å²) in [5.41, 5.74) is 4.88. The summed E-state index contributed by atoms with van der Waals surface area (Å²) < 4.78 is 8.23. The number of thiocarbonyl (C=S) groups is 1. The summed E-state index contributed by atoms with van der Waals surface area (Å²) in [7, 11) is 0. The molecule has 2 saturated heterocycles. The molecule has 0 radical (unpaired) electrons. The maximum Gasteiger partial charge on any atom is 0.224 e. The van der Waals surface area contributed by atoms with Gasteiger partial charge in [-0.2, -0.15) is 0 Å². The van der Waals surface area contributed by atoms with Crippen LogP contribution in [0.25, 0.3) is 0 Å². The first kappa shape index (κ1) is 23.5. The Kier molecular flexibility index (Phi) is 6.83. The molecule has 4 heterocycles. The maximum atomic E-state index is 11.9. The summed E-state index contributed by atoms with van der Waals surface area (Å²) in [5, 5.41) is 7.16. The second kappa shape index (κ2) is 10.2. The number of carbonyl (C=O) groups excluding carboxylic acids is 1. The predicted octanol–water partition coefficient (Wildman–Crippen LogP) is 4.90. The zero-order valence-corrected chi connectivity index (χ0v) is 20.9. The van der Waals surface area contributed by atoms with E-state index < -0.39 is 0 Å². The second-order valence-corrected chi connectivity index (χ2v) is 9.50. The maximum absolute atomic E-state index is 11.9. The lowest BCUT2D eigenvalue weighted by molar-refractivity contribution is -0.115. The highest BCUT2D eigenvalue weighted by atomic mass is 32.1. The van der Waals surface area contributed by atoms with Gasteiger partial charge >= 0.3 is 0 Å². The van der Waals surface area contributed by atoms with Crippen molar-refractivity contribution in [1.29, 1.82) is 0 Å². The Morgan fingerprint density at radius 2 is 2.14 bits per heavy atom. The van der Waals surface area contributed by atoms with Crippen LogP contribution in [0.3, 0.4) is 0 Å². The molecule has 2 N–H and O–H groups in total. The van der Waals surface area contributed by atoms with Crippen molar-refractivity contribution in [2.75, 3.05) is 16.8 Å². The number of hydrogen-bond donors (Lipinski definition) is 2. The highest BCUT2D eigenvalue weighted by molar-refractivity contribution is 7.80. The van der Waals surface area contributed by atoms with E-state index in [1.165, 1.54) is 0 Å². The fourth-order valence-corrected chi connectivity index (χ4v) is 5.33. The van der Waals surface area contributed by atoms with Crippen molar-refractivity contribution in [3.8, 4) is 0 Å². The lowest BCUT2D eigenvalue weighted by Gasteiger charge is -2.30. The Bertz CT molecular complexity index is 1210. The van der Waals surface area contributed by atoms with Crippen molar-refractivity contribution in [3.05, 3.63) is 77.9 Å². The minimum absolute atomic E-state index is 0.000684. The number of rotatable bonds is 7. The van der Waals surface area contributed by atoms with Crippen molar-refractivity contribution in [1.82, 2.24) is 14.9 Å². The van der Waals surface area contributed by atoms with Crippen molar-refractivity contribution < 1.29 is 9.53 Å². The van der Waals surface area contributed by atoms with Crippen LogP contribution < -0.4 is 15.5 Å². The molecule has 0 aliphatic carbocycles. The van der Waals surface area contributed by atoms with Crippen LogP contribution in [-0.2, 0) is 16.1 Å². The fourth-order valence-electron chi connectivity index (χ4n) is 4.98. The lowest BCUT2D eigenvalue weighted by atomic mass is 10.0. The molecule has 2 aliphatic rings. The van der Waals surface area contributed by atoms with Gasteiger partial charge in [-0.3, -0.25) is 9.78 Å². The minimum Gasteiger partial charge on any atom is -0.376 e. The van der Waals surface area contributed by atoms with Crippen LogP contribution in [0.1, 0.15) is 55.2 Å². The van der Waals surface area contributed by atoms with E-state index in [9.17, 15) is 4.79 Å². The monoisotopic (exact) mass is 489 g/mol. The van der Waals surface area contributed by atoms with Gasteiger partial charge in [-0.15, -0.1) is 0 Å². The molecule has 0 bridgehead atoms. The molecule has 7 nitrogen and oxygen atoms in total. The standard InChI is InChI=1S/C27H31N5O2S/c1-3-24(33)29-21-12-11-19(16-18(21)2)32-26(25(30-27(32)35)22-9-4-5-13-28-22)23-10-6-14-31(23)17-20-8-7-15-34-20/h4-6,9-14,16,20,25-26H,3,7-8,15,17H2,1-2H3,(H,29,33)(H,30,35). The molecule has 182 valence electrons. The van der Waals surface area contributed by atoms with Gasteiger partial charge in [0.05, 0.1) is 17.8 Å². The van der Waals surface area contributed by atoms with Crippen molar-refractivity contribution in [2.45, 2.75) is 57.8 Å². The van der Waals surface area contributed by atoms with Gasteiger partial charge in [0.2, 0.25) is 5.91 Å². The van der Waals surface area contributed by atoms with Gasteiger partial charge in [-0.25, -0.2) is 0 Å². The number of nitrogens with zero attached hydrogens (tertiary/aromatic N) is 3. The fraction of sp³-hybridized carbons (Fsp3) is 0.370. The molecule has 3 atom stereocenters. The number of aryl methyl sites for hydroxylation is 1. The van der Waals surface area contributed by atoms with Crippen LogP contribution in [0.5, 0.6) is 0 Å². The molecule has 5 rings (SSSR count). The third-order valence-corrected chi connectivity index (χ3v) is 7.09. The summed E-state index contributed by atoms with van der Waals surface area (Å²) in [6.07, 6.45) is 6.81. The molecule has 2 aromatic heterocycles. The molecule has 1 aromatic carbocycles. The molecule has 3 unspecified atom stereocenters. The highest BCUT2D eigenvalue weighted by Gasteiger charge is 2.42. The molecule has 0 spiro atoms. The van der Waals surface area contributed by atoms with Gasteiger partial charge in [0, 0.05) is 49.0 Å². The van der Waals surface area contributed by atoms with Crippen LogP contribution in [0.2, 0.25) is 0 Å². The second-order valence-electron chi connectivity index (χ2n) is 9.12. The van der Waals surface area contributed by atoms with Crippen LogP contribution in [0.4, 0.5) is 11.4 Å². The normalized spacial score (nSPS) is 21.8. The number of anilines is 2. The number of ether oxygens (including phenoxy) is 1. The number of nitrogens with one attached hydrogen (secondary N) is 2. The van der Waals surface area contributed by atoms with E-state index in [1.54, 1.807) is 0 Å². The quantitative estimate of drug-likeness (QED) is 0.460. The third-order valence-electron chi connectivity index (χ3n) is 6.77. The highest BCUT2D eigenvalue weighted by Crippen LogP contribution is 2.42. The summed E-state index contributed by atoms with van der Waals surface area (Å²) in [6.45, 7) is 5.50. The molecule has 2 aliphatic heterocycles. The Labute approximate surface area is 211 Å². The molecule has 3 aromatic rings. The minimum atomic E-state index is -0.110. The van der Waals surface area contributed by atoms with Crippen LogP contribution in [-0.4, -0.2) is 33.3 Å². The van der Waals surface area contributed by atoms with Crippen LogP contribution >= 0.6 is 12.2 Å². The Hall–Kier alpha value is -3.23. The average molecular weight is 490 g/mol. The van der Waals surface area contributed by atoms with E-state index in [2.05, 4.69) is 49.5 Å². The van der Waals surface area contributed by atoms with Gasteiger partial charge in [-0.1, -0.05) is 13.0 Å². The molecular formula is C27H31N5O2S. The largest absolute Gasteiger partial charge is 0.376 e. The average Bonchev–Trinajstić information content (AvgIpc) is 3.61. The van der Waals surface area contributed by atoms with E-state index in [-0.39, 0.29) is 24.1 Å². The van der Waals surface area contributed by atoms with Gasteiger partial charge < -0.3 is 24.8 Å². The Morgan fingerprint density at radius 3 is 2.86 bits per heavy atom. The van der Waals surface area contributed by atoms with Gasteiger partial charge in [0.15, 0.2) is 5.11 Å². The van der Waals surface area contributed by atoms with E-state index in [0.717, 1.165) is 54.3 Å². The van der Waals surface area contributed by atoms with Crippen LogP contribution in [0.15, 0.2) is 60.9 Å². The van der Waals surface area contributed by atoms with Gasteiger partial charge in [-0.05, 0) is 80.0 Å². The molecule has 8 heteroatoms.